The van der Waals surface area contributed by atoms with Crippen molar-refractivity contribution in [1.82, 2.24) is 10.2 Å². The summed E-state index contributed by atoms with van der Waals surface area (Å²) in [7, 11) is 0. The summed E-state index contributed by atoms with van der Waals surface area (Å²) in [5.74, 6) is -0.817. The minimum atomic E-state index is -4.56. The Morgan fingerprint density at radius 1 is 1.18 bits per heavy atom. The predicted octanol–water partition coefficient (Wildman–Crippen LogP) is 7.26. The van der Waals surface area contributed by atoms with Gasteiger partial charge in [0.15, 0.2) is 5.72 Å². The van der Waals surface area contributed by atoms with E-state index in [-0.39, 0.29) is 12.3 Å². The largest absolute Gasteiger partial charge is 0.393 e. The van der Waals surface area contributed by atoms with E-state index in [0.29, 0.717) is 35.1 Å². The fourth-order valence-electron chi connectivity index (χ4n) is 4.08. The first kappa shape index (κ1) is 30.1. The number of carbonyl (C=O) groups is 1. The van der Waals surface area contributed by atoms with Crippen molar-refractivity contribution in [3.8, 4) is 0 Å². The van der Waals surface area contributed by atoms with Gasteiger partial charge in [0.2, 0.25) is 0 Å². The number of thioether (sulfide) groups is 1. The lowest BCUT2D eigenvalue weighted by molar-refractivity contribution is -0.145. The molecule has 2 aromatic carbocycles. The van der Waals surface area contributed by atoms with Gasteiger partial charge in [0.05, 0.1) is 17.9 Å². The molecule has 0 aromatic heterocycles. The Morgan fingerprint density at radius 2 is 1.87 bits per heavy atom. The van der Waals surface area contributed by atoms with E-state index in [9.17, 15) is 23.1 Å². The number of benzene rings is 2. The molecule has 204 valence electrons. The van der Waals surface area contributed by atoms with E-state index in [4.69, 9.17) is 23.2 Å². The molecule has 1 heterocycles. The van der Waals surface area contributed by atoms with Crippen LogP contribution >= 0.6 is 35.0 Å². The van der Waals surface area contributed by atoms with Crippen LogP contribution in [0.5, 0.6) is 0 Å². The van der Waals surface area contributed by atoms with Crippen molar-refractivity contribution in [1.29, 1.82) is 0 Å². The molecule has 38 heavy (non-hydrogen) atoms. The summed E-state index contributed by atoms with van der Waals surface area (Å²) in [6.07, 6.45) is -1.95. The van der Waals surface area contributed by atoms with Crippen LogP contribution in [0.1, 0.15) is 31.7 Å². The lowest BCUT2D eigenvalue weighted by Gasteiger charge is -2.33. The molecular formula is C27H28Cl2F3N3O2S. The molecule has 0 saturated heterocycles. The van der Waals surface area contributed by atoms with Crippen LogP contribution in [0.2, 0.25) is 10.0 Å². The van der Waals surface area contributed by atoms with Gasteiger partial charge < -0.3 is 15.3 Å². The van der Waals surface area contributed by atoms with Gasteiger partial charge in [-0.3, -0.25) is 9.79 Å². The molecule has 1 amide bonds. The Hall–Kier alpha value is -2.46. The zero-order valence-corrected chi connectivity index (χ0v) is 23.0. The summed E-state index contributed by atoms with van der Waals surface area (Å²) in [6.45, 7) is 6.08. The van der Waals surface area contributed by atoms with Gasteiger partial charge in [-0.1, -0.05) is 29.3 Å². The molecule has 0 bridgehead atoms. The van der Waals surface area contributed by atoms with Crippen LogP contribution in [-0.2, 0) is 4.79 Å². The van der Waals surface area contributed by atoms with E-state index in [0.717, 1.165) is 27.1 Å². The number of nitrogens with zero attached hydrogens (tertiary/aromatic N) is 2. The summed E-state index contributed by atoms with van der Waals surface area (Å²) >= 11 is 13.2. The first-order chi connectivity index (χ1) is 18.0. The number of hydrogen-bond acceptors (Lipinski definition) is 5. The van der Waals surface area contributed by atoms with Crippen LogP contribution in [0, 0.1) is 0 Å². The first-order valence-corrected chi connectivity index (χ1v) is 13.6. The molecule has 11 heteroatoms. The standard InChI is InChI=1S/C27H28Cl2F3N3O2S/c1-3-23(22-11-8-20(29)14-24(22)33-2)34-12-4-5-13-35-25(36)18(16-27(30,31)32)15-26(35,37)17-38-21-9-6-19(28)7-10-21/h3,6-11,14-15,34,37H,2,4-5,12-13,16-17H2,1H3/b23-3+. The molecule has 5 nitrogen and oxygen atoms in total. The Balaban J connectivity index is 1.63. The number of allylic oxidation sites excluding steroid dienone is 1. The third-order valence-electron chi connectivity index (χ3n) is 5.88. The van der Waals surface area contributed by atoms with Crippen LogP contribution in [0.3, 0.4) is 0 Å². The Morgan fingerprint density at radius 3 is 2.50 bits per heavy atom. The normalized spacial score (nSPS) is 18.1. The number of halogens is 5. The summed E-state index contributed by atoms with van der Waals surface area (Å²) < 4.78 is 39.3. The summed E-state index contributed by atoms with van der Waals surface area (Å²) in [4.78, 5) is 18.8. The highest BCUT2D eigenvalue weighted by Gasteiger charge is 2.46. The zero-order valence-electron chi connectivity index (χ0n) is 20.7. The van der Waals surface area contributed by atoms with Crippen LogP contribution in [-0.4, -0.2) is 53.4 Å². The SMILES string of the molecule is C=Nc1cc(Cl)ccc1/C(=C\C)NCCCCN1C(=O)C(CC(F)(F)F)=CC1(O)CSc1ccc(Cl)cc1. The molecule has 0 fully saturated rings. The monoisotopic (exact) mass is 585 g/mol. The minimum absolute atomic E-state index is 0.0173. The molecule has 3 rings (SSSR count). The van der Waals surface area contributed by atoms with Crippen LogP contribution in [0.15, 0.2) is 70.1 Å². The van der Waals surface area contributed by atoms with Gasteiger partial charge in [0.1, 0.15) is 0 Å². The average Bonchev–Trinajstić information content (AvgIpc) is 3.09. The second-order valence-corrected chi connectivity index (χ2v) is 10.6. The lowest BCUT2D eigenvalue weighted by Crippen LogP contribution is -2.49. The van der Waals surface area contributed by atoms with Crippen molar-refractivity contribution < 1.29 is 23.1 Å². The van der Waals surface area contributed by atoms with Gasteiger partial charge in [0.25, 0.3) is 5.91 Å². The van der Waals surface area contributed by atoms with Gasteiger partial charge in [-0.2, -0.15) is 13.2 Å². The van der Waals surface area contributed by atoms with Crippen LogP contribution in [0.4, 0.5) is 18.9 Å². The molecule has 1 aliphatic heterocycles. The maximum atomic E-state index is 13.1. The fourth-order valence-corrected chi connectivity index (χ4v) is 5.32. The zero-order chi connectivity index (χ0) is 27.9. The van der Waals surface area contributed by atoms with E-state index in [1.54, 1.807) is 36.4 Å². The smallest absolute Gasteiger partial charge is 0.385 e. The summed E-state index contributed by atoms with van der Waals surface area (Å²) in [5, 5.41) is 15.7. The molecule has 0 aliphatic carbocycles. The van der Waals surface area contributed by atoms with Gasteiger partial charge in [-0.05, 0) is 75.0 Å². The molecular weight excluding hydrogens is 558 g/mol. The van der Waals surface area contributed by atoms with Crippen molar-refractivity contribution >= 4 is 59.0 Å². The lowest BCUT2D eigenvalue weighted by atomic mass is 10.1. The van der Waals surface area contributed by atoms with Gasteiger partial charge in [-0.25, -0.2) is 0 Å². The second kappa shape index (κ2) is 13.1. The number of rotatable bonds is 12. The quantitative estimate of drug-likeness (QED) is 0.156. The minimum Gasteiger partial charge on any atom is -0.385 e. The highest BCUT2D eigenvalue weighted by molar-refractivity contribution is 7.99. The van der Waals surface area contributed by atoms with Gasteiger partial charge >= 0.3 is 6.18 Å². The maximum absolute atomic E-state index is 13.1. The molecule has 1 atom stereocenters. The summed E-state index contributed by atoms with van der Waals surface area (Å²) in [5.41, 5.74) is 0.00518. The second-order valence-electron chi connectivity index (χ2n) is 8.70. The van der Waals surface area contributed by atoms with Crippen molar-refractivity contribution in [3.05, 3.63) is 75.8 Å². The molecule has 0 spiro atoms. The van der Waals surface area contributed by atoms with Crippen molar-refractivity contribution in [3.63, 3.8) is 0 Å². The van der Waals surface area contributed by atoms with Gasteiger partial charge in [0, 0.05) is 44.9 Å². The van der Waals surface area contributed by atoms with E-state index in [1.165, 1.54) is 11.8 Å². The van der Waals surface area contributed by atoms with Gasteiger partial charge in [-0.15, -0.1) is 11.8 Å². The van der Waals surface area contributed by atoms with Crippen molar-refractivity contribution in [2.45, 2.75) is 43.0 Å². The summed E-state index contributed by atoms with van der Waals surface area (Å²) in [6, 6.07) is 12.2. The van der Waals surface area contributed by atoms with E-state index in [1.807, 2.05) is 19.1 Å². The number of nitrogens with one attached hydrogen (secondary N) is 1. The topological polar surface area (TPSA) is 64.9 Å². The molecule has 2 aromatic rings. The highest BCUT2D eigenvalue weighted by atomic mass is 35.5. The number of unbranched alkanes of at least 4 members (excludes halogenated alkanes) is 1. The fraction of sp³-hybridized carbons (Fsp3) is 0.333. The predicted molar refractivity (Wildman–Crippen MR) is 149 cm³/mol. The average molecular weight is 587 g/mol. The first-order valence-electron chi connectivity index (χ1n) is 11.8. The Labute approximate surface area is 234 Å². The third kappa shape index (κ3) is 8.02. The van der Waals surface area contributed by atoms with Crippen molar-refractivity contribution in [2.75, 3.05) is 18.8 Å². The molecule has 0 saturated carbocycles. The number of amides is 1. The highest BCUT2D eigenvalue weighted by Crippen LogP contribution is 2.37. The number of alkyl halides is 3. The number of aliphatic hydroxyl groups is 1. The Bertz CT molecular complexity index is 1220. The van der Waals surface area contributed by atoms with E-state index < -0.39 is 29.8 Å². The maximum Gasteiger partial charge on any atom is 0.393 e. The Kier molecular flexibility index (Phi) is 10.3. The third-order valence-corrected chi connectivity index (χ3v) is 7.54. The number of carbonyl (C=O) groups excluding carboxylic acids is 1. The number of aliphatic imine (C=N–C) groups is 1. The molecule has 0 radical (unpaired) electrons. The molecule has 2 N–H and O–H groups in total. The van der Waals surface area contributed by atoms with Crippen LogP contribution < -0.4 is 5.32 Å². The van der Waals surface area contributed by atoms with Crippen molar-refractivity contribution in [2.24, 2.45) is 4.99 Å². The molecule has 1 aliphatic rings. The van der Waals surface area contributed by atoms with E-state index in [2.05, 4.69) is 17.0 Å². The van der Waals surface area contributed by atoms with E-state index >= 15 is 0 Å². The van der Waals surface area contributed by atoms with Crippen LogP contribution in [0.25, 0.3) is 5.70 Å². The number of hydrogen-bond donors (Lipinski definition) is 2. The molecule has 1 unspecified atom stereocenters.